The van der Waals surface area contributed by atoms with Gasteiger partial charge in [0.1, 0.15) is 12.6 Å². The maximum atomic E-state index is 12.9. The second-order valence-corrected chi connectivity index (χ2v) is 7.77. The van der Waals surface area contributed by atoms with Crippen LogP contribution in [-0.2, 0) is 9.59 Å². The number of carbonyl (C=O) groups is 3. The number of anilines is 1. The molecule has 0 bridgehead atoms. The minimum absolute atomic E-state index is 0.210. The Bertz CT molecular complexity index is 998. The lowest BCUT2D eigenvalue weighted by atomic mass is 9.99. The summed E-state index contributed by atoms with van der Waals surface area (Å²) in [4.78, 5) is 42.7. The van der Waals surface area contributed by atoms with E-state index in [-0.39, 0.29) is 18.4 Å². The van der Waals surface area contributed by atoms with E-state index in [1.807, 2.05) is 55.5 Å². The van der Waals surface area contributed by atoms with Crippen molar-refractivity contribution in [3.8, 4) is 0 Å². The average Bonchev–Trinajstić information content (AvgIpc) is 2.98. The van der Waals surface area contributed by atoms with Crippen LogP contribution in [0.4, 0.5) is 10.5 Å². The van der Waals surface area contributed by atoms with Gasteiger partial charge in [0.15, 0.2) is 0 Å². The van der Waals surface area contributed by atoms with Gasteiger partial charge in [-0.25, -0.2) is 4.79 Å². The molecule has 6 heteroatoms. The normalized spacial score (nSPS) is 19.3. The van der Waals surface area contributed by atoms with E-state index in [0.717, 1.165) is 22.4 Å². The monoisotopic (exact) mass is 403 g/mol. The largest absolute Gasteiger partial charge is 0.337 e. The fourth-order valence-electron chi connectivity index (χ4n) is 3.96. The maximum Gasteiger partial charge on any atom is 0.332 e. The van der Waals surface area contributed by atoms with Gasteiger partial charge in [0.2, 0.25) is 5.91 Å². The van der Waals surface area contributed by atoms with E-state index in [4.69, 9.17) is 0 Å². The molecular formula is C24H25N3O3. The van der Waals surface area contributed by atoms with Crippen molar-refractivity contribution in [1.82, 2.24) is 9.80 Å². The molecular weight excluding hydrogens is 378 g/mol. The highest BCUT2D eigenvalue weighted by molar-refractivity contribution is 6.15. The standard InChI is InChI=1S/C24H25N3O3/c1-17-8-10-21(11-9-17)27-18(2)23(29)26(24(27)30)16-22(28)25-14-12-20(13-15-25)19-6-4-3-5-7-19/h3-12,18H,13-16H2,1-2H3/t18-/m1/s1. The predicted octanol–water partition coefficient (Wildman–Crippen LogP) is 3.47. The van der Waals surface area contributed by atoms with Gasteiger partial charge in [0.25, 0.3) is 5.91 Å². The Morgan fingerprint density at radius 1 is 1.03 bits per heavy atom. The lowest BCUT2D eigenvalue weighted by Gasteiger charge is -2.28. The molecule has 6 nitrogen and oxygen atoms in total. The van der Waals surface area contributed by atoms with Crippen molar-refractivity contribution < 1.29 is 14.4 Å². The molecule has 1 fully saturated rings. The second kappa shape index (κ2) is 8.14. The van der Waals surface area contributed by atoms with Crippen molar-refractivity contribution in [2.45, 2.75) is 26.3 Å². The number of carbonyl (C=O) groups excluding carboxylic acids is 3. The zero-order valence-corrected chi connectivity index (χ0v) is 17.2. The highest BCUT2D eigenvalue weighted by Crippen LogP contribution is 2.27. The van der Waals surface area contributed by atoms with Crippen molar-refractivity contribution >= 4 is 29.1 Å². The lowest BCUT2D eigenvalue weighted by Crippen LogP contribution is -2.44. The predicted molar refractivity (Wildman–Crippen MR) is 116 cm³/mol. The summed E-state index contributed by atoms with van der Waals surface area (Å²) in [6, 6.07) is 16.5. The van der Waals surface area contributed by atoms with Crippen molar-refractivity contribution in [2.24, 2.45) is 0 Å². The number of hydrogen-bond acceptors (Lipinski definition) is 3. The van der Waals surface area contributed by atoms with Crippen molar-refractivity contribution in [3.63, 3.8) is 0 Å². The molecule has 154 valence electrons. The Morgan fingerprint density at radius 2 is 1.73 bits per heavy atom. The van der Waals surface area contributed by atoms with E-state index in [9.17, 15) is 14.4 Å². The number of aryl methyl sites for hydroxylation is 1. The van der Waals surface area contributed by atoms with E-state index in [0.29, 0.717) is 18.8 Å². The quantitative estimate of drug-likeness (QED) is 0.735. The summed E-state index contributed by atoms with van der Waals surface area (Å²) >= 11 is 0. The molecule has 4 amide bonds. The lowest BCUT2D eigenvalue weighted by molar-refractivity contribution is -0.136. The summed E-state index contributed by atoms with van der Waals surface area (Å²) < 4.78 is 0. The van der Waals surface area contributed by atoms with Gasteiger partial charge in [-0.2, -0.15) is 0 Å². The molecule has 0 saturated carbocycles. The molecule has 4 rings (SSSR count). The van der Waals surface area contributed by atoms with Crippen LogP contribution in [0.2, 0.25) is 0 Å². The van der Waals surface area contributed by atoms with Crippen LogP contribution in [0.25, 0.3) is 5.57 Å². The van der Waals surface area contributed by atoms with Crippen LogP contribution < -0.4 is 4.90 Å². The summed E-state index contributed by atoms with van der Waals surface area (Å²) in [7, 11) is 0. The molecule has 0 aromatic heterocycles. The SMILES string of the molecule is Cc1ccc(N2C(=O)N(CC(=O)N3CC=C(c4ccccc4)CC3)C(=O)[C@H]2C)cc1. The van der Waals surface area contributed by atoms with Crippen LogP contribution in [0, 0.1) is 6.92 Å². The molecule has 2 aromatic carbocycles. The second-order valence-electron chi connectivity index (χ2n) is 7.77. The van der Waals surface area contributed by atoms with Crippen LogP contribution in [0.15, 0.2) is 60.7 Å². The van der Waals surface area contributed by atoms with Crippen molar-refractivity contribution in [2.75, 3.05) is 24.5 Å². The molecule has 0 aliphatic carbocycles. The fraction of sp³-hybridized carbons (Fsp3) is 0.292. The molecule has 0 radical (unpaired) electrons. The Hall–Kier alpha value is -3.41. The summed E-state index contributed by atoms with van der Waals surface area (Å²) in [5.41, 5.74) is 4.11. The van der Waals surface area contributed by atoms with Crippen LogP contribution in [0.1, 0.15) is 24.5 Å². The number of amides is 4. The topological polar surface area (TPSA) is 60.9 Å². The van der Waals surface area contributed by atoms with Gasteiger partial charge in [0.05, 0.1) is 0 Å². The molecule has 2 aromatic rings. The van der Waals surface area contributed by atoms with Gasteiger partial charge in [-0.1, -0.05) is 54.1 Å². The summed E-state index contributed by atoms with van der Waals surface area (Å²) in [6.45, 7) is 4.49. The smallest absolute Gasteiger partial charge is 0.332 e. The summed E-state index contributed by atoms with van der Waals surface area (Å²) in [6.07, 6.45) is 2.80. The first-order valence-corrected chi connectivity index (χ1v) is 10.2. The van der Waals surface area contributed by atoms with E-state index >= 15 is 0 Å². The van der Waals surface area contributed by atoms with E-state index in [2.05, 4.69) is 12.1 Å². The Balaban J connectivity index is 1.43. The molecule has 2 heterocycles. The Labute approximate surface area is 176 Å². The summed E-state index contributed by atoms with van der Waals surface area (Å²) in [5.74, 6) is -0.551. The van der Waals surface area contributed by atoms with Gasteiger partial charge >= 0.3 is 6.03 Å². The van der Waals surface area contributed by atoms with Crippen molar-refractivity contribution in [1.29, 1.82) is 0 Å². The van der Waals surface area contributed by atoms with E-state index in [1.165, 1.54) is 10.5 Å². The molecule has 30 heavy (non-hydrogen) atoms. The number of rotatable bonds is 4. The zero-order valence-electron chi connectivity index (χ0n) is 17.2. The highest BCUT2D eigenvalue weighted by Gasteiger charge is 2.44. The number of hydrogen-bond donors (Lipinski definition) is 0. The average molecular weight is 403 g/mol. The molecule has 1 saturated heterocycles. The number of benzene rings is 2. The molecule has 2 aliphatic heterocycles. The summed E-state index contributed by atoms with van der Waals surface area (Å²) in [5, 5.41) is 0. The molecule has 1 atom stereocenters. The zero-order chi connectivity index (χ0) is 21.3. The number of nitrogens with zero attached hydrogens (tertiary/aromatic N) is 3. The molecule has 0 spiro atoms. The third-order valence-electron chi connectivity index (χ3n) is 5.76. The van der Waals surface area contributed by atoms with Crippen LogP contribution in [0.5, 0.6) is 0 Å². The first-order chi connectivity index (χ1) is 14.5. The first-order valence-electron chi connectivity index (χ1n) is 10.2. The van der Waals surface area contributed by atoms with Gasteiger partial charge in [-0.15, -0.1) is 0 Å². The van der Waals surface area contributed by atoms with E-state index < -0.39 is 12.1 Å². The van der Waals surface area contributed by atoms with Crippen LogP contribution >= 0.6 is 0 Å². The number of urea groups is 1. The minimum Gasteiger partial charge on any atom is -0.337 e. The Kier molecular flexibility index (Phi) is 5.40. The molecule has 0 unspecified atom stereocenters. The number of imide groups is 1. The fourth-order valence-corrected chi connectivity index (χ4v) is 3.96. The maximum absolute atomic E-state index is 12.9. The van der Waals surface area contributed by atoms with Gasteiger partial charge in [-0.3, -0.25) is 19.4 Å². The third-order valence-corrected chi connectivity index (χ3v) is 5.76. The molecule has 0 N–H and O–H groups in total. The highest BCUT2D eigenvalue weighted by atomic mass is 16.2. The van der Waals surface area contributed by atoms with Gasteiger partial charge < -0.3 is 4.90 Å². The minimum atomic E-state index is -0.626. The van der Waals surface area contributed by atoms with Crippen LogP contribution in [0.3, 0.4) is 0 Å². The first kappa shape index (κ1) is 19.9. The van der Waals surface area contributed by atoms with Gasteiger partial charge in [-0.05, 0) is 43.5 Å². The van der Waals surface area contributed by atoms with Gasteiger partial charge in [0, 0.05) is 18.8 Å². The van der Waals surface area contributed by atoms with Crippen molar-refractivity contribution in [3.05, 3.63) is 71.8 Å². The Morgan fingerprint density at radius 3 is 2.37 bits per heavy atom. The van der Waals surface area contributed by atoms with Crippen LogP contribution in [-0.4, -0.2) is 53.3 Å². The third kappa shape index (κ3) is 3.73. The molecule has 2 aliphatic rings. The van der Waals surface area contributed by atoms with E-state index in [1.54, 1.807) is 11.8 Å².